The van der Waals surface area contributed by atoms with Crippen LogP contribution in [0.1, 0.15) is 37.3 Å². The number of amides is 1. The molecule has 1 aliphatic heterocycles. The van der Waals surface area contributed by atoms with Crippen LogP contribution in [0.25, 0.3) is 0 Å². The minimum atomic E-state index is -4.63. The molecule has 2 aromatic rings. The Hall–Kier alpha value is -2.45. The third kappa shape index (κ3) is 4.82. The Morgan fingerprint density at radius 2 is 1.93 bits per heavy atom. The molecule has 2 N–H and O–H groups in total. The number of carbonyl (C=O) groups is 1. The van der Waals surface area contributed by atoms with Crippen molar-refractivity contribution in [2.45, 2.75) is 31.7 Å². The molecule has 1 atom stereocenters. The third-order valence-corrected chi connectivity index (χ3v) is 5.45. The summed E-state index contributed by atoms with van der Waals surface area (Å²) in [5.41, 5.74) is -0.140. The quantitative estimate of drug-likeness (QED) is 0.507. The maximum absolute atomic E-state index is 14.4. The zero-order valence-electron chi connectivity index (χ0n) is 16.2. The van der Waals surface area contributed by atoms with Crippen LogP contribution in [-0.2, 0) is 19.4 Å². The van der Waals surface area contributed by atoms with E-state index in [1.54, 1.807) is 30.3 Å². The standard InChI is InChI=1S/C20H21F2N2O5P/c1-14(25)24-20(15-6-3-2-4-7-15,10-5-11-29-30(26,27)28)13-19(23-24)17-12-16(21)8-9-18(17)22/h2-4,6-9,12H,5,10-11,13H2,1H3,(H2,26,27,28)/t20-/m1/s1. The van der Waals surface area contributed by atoms with Crippen molar-refractivity contribution in [3.63, 3.8) is 0 Å². The number of benzene rings is 2. The molecule has 30 heavy (non-hydrogen) atoms. The van der Waals surface area contributed by atoms with Crippen LogP contribution in [0.5, 0.6) is 0 Å². The molecule has 3 rings (SSSR count). The molecule has 160 valence electrons. The monoisotopic (exact) mass is 438 g/mol. The van der Waals surface area contributed by atoms with E-state index in [0.717, 1.165) is 18.2 Å². The number of phosphoric ester groups is 1. The van der Waals surface area contributed by atoms with Gasteiger partial charge in [-0.3, -0.25) is 9.32 Å². The Morgan fingerprint density at radius 1 is 1.23 bits per heavy atom. The van der Waals surface area contributed by atoms with E-state index >= 15 is 0 Å². The van der Waals surface area contributed by atoms with Gasteiger partial charge in [0, 0.05) is 18.9 Å². The summed E-state index contributed by atoms with van der Waals surface area (Å²) in [6, 6.07) is 12.0. The van der Waals surface area contributed by atoms with E-state index in [0.29, 0.717) is 5.56 Å². The average molecular weight is 438 g/mol. The van der Waals surface area contributed by atoms with Crippen LogP contribution >= 0.6 is 7.82 Å². The van der Waals surface area contributed by atoms with Crippen molar-refractivity contribution >= 4 is 19.4 Å². The van der Waals surface area contributed by atoms with E-state index in [1.165, 1.54) is 11.9 Å². The smallest absolute Gasteiger partial charge is 0.303 e. The summed E-state index contributed by atoms with van der Waals surface area (Å²) in [5, 5.41) is 5.55. The van der Waals surface area contributed by atoms with Gasteiger partial charge >= 0.3 is 7.82 Å². The largest absolute Gasteiger partial charge is 0.469 e. The maximum atomic E-state index is 14.4. The second kappa shape index (κ2) is 8.73. The fraction of sp³-hybridized carbons (Fsp3) is 0.300. The van der Waals surface area contributed by atoms with Gasteiger partial charge in [0.05, 0.1) is 17.9 Å². The van der Waals surface area contributed by atoms with Gasteiger partial charge in [-0.1, -0.05) is 30.3 Å². The molecular formula is C20H21F2N2O5P. The molecule has 0 aromatic heterocycles. The van der Waals surface area contributed by atoms with Crippen LogP contribution in [0.4, 0.5) is 8.78 Å². The summed E-state index contributed by atoms with van der Waals surface area (Å²) in [4.78, 5) is 30.3. The first-order valence-corrected chi connectivity index (χ1v) is 10.7. The molecule has 0 aliphatic carbocycles. The van der Waals surface area contributed by atoms with Crippen LogP contribution in [-0.4, -0.2) is 33.0 Å². The molecule has 1 amide bonds. The summed E-state index contributed by atoms with van der Waals surface area (Å²) in [5.74, 6) is -1.69. The molecule has 0 unspecified atom stereocenters. The first-order chi connectivity index (χ1) is 14.1. The molecular weight excluding hydrogens is 417 g/mol. The molecule has 1 aliphatic rings. The highest BCUT2D eigenvalue weighted by Crippen LogP contribution is 2.44. The molecule has 7 nitrogen and oxygen atoms in total. The number of halogens is 2. The molecule has 1 heterocycles. The Morgan fingerprint density at radius 3 is 2.57 bits per heavy atom. The van der Waals surface area contributed by atoms with E-state index in [9.17, 15) is 18.1 Å². The van der Waals surface area contributed by atoms with Gasteiger partial charge in [0.2, 0.25) is 5.91 Å². The highest BCUT2D eigenvalue weighted by Gasteiger charge is 2.46. The van der Waals surface area contributed by atoms with Gasteiger partial charge in [0.1, 0.15) is 11.6 Å². The van der Waals surface area contributed by atoms with Crippen molar-refractivity contribution in [3.8, 4) is 0 Å². The summed E-state index contributed by atoms with van der Waals surface area (Å²) >= 11 is 0. The van der Waals surface area contributed by atoms with Crippen molar-refractivity contribution in [2.75, 3.05) is 6.61 Å². The van der Waals surface area contributed by atoms with Crippen molar-refractivity contribution in [2.24, 2.45) is 5.10 Å². The van der Waals surface area contributed by atoms with E-state index in [2.05, 4.69) is 9.63 Å². The lowest BCUT2D eigenvalue weighted by Crippen LogP contribution is -2.43. The first kappa shape index (κ1) is 22.2. The molecule has 0 radical (unpaired) electrons. The predicted molar refractivity (Wildman–Crippen MR) is 105 cm³/mol. The molecule has 0 fully saturated rings. The third-order valence-electron chi connectivity index (χ3n) is 4.93. The molecule has 10 heteroatoms. The van der Waals surface area contributed by atoms with Crippen molar-refractivity contribution in [3.05, 3.63) is 71.3 Å². The number of rotatable bonds is 7. The fourth-order valence-corrected chi connectivity index (χ4v) is 4.07. The van der Waals surface area contributed by atoms with Gasteiger partial charge in [-0.05, 0) is 36.6 Å². The molecule has 0 saturated carbocycles. The van der Waals surface area contributed by atoms with Gasteiger partial charge in [0.15, 0.2) is 0 Å². The second-order valence-corrected chi connectivity index (χ2v) is 8.24. The molecule has 0 bridgehead atoms. The number of hydrazone groups is 1. The predicted octanol–water partition coefficient (Wildman–Crippen LogP) is 3.71. The average Bonchev–Trinajstić information content (AvgIpc) is 3.08. The number of carbonyl (C=O) groups excluding carboxylic acids is 1. The van der Waals surface area contributed by atoms with Gasteiger partial charge in [-0.25, -0.2) is 18.4 Å². The van der Waals surface area contributed by atoms with E-state index in [4.69, 9.17) is 9.79 Å². The highest BCUT2D eigenvalue weighted by molar-refractivity contribution is 7.46. The van der Waals surface area contributed by atoms with Crippen LogP contribution in [0, 0.1) is 11.6 Å². The molecule has 0 saturated heterocycles. The van der Waals surface area contributed by atoms with Crippen LogP contribution in [0.3, 0.4) is 0 Å². The molecule has 0 spiro atoms. The van der Waals surface area contributed by atoms with Crippen LogP contribution < -0.4 is 0 Å². The summed E-state index contributed by atoms with van der Waals surface area (Å²) in [6.45, 7) is 1.08. The highest BCUT2D eigenvalue weighted by atomic mass is 31.2. The van der Waals surface area contributed by atoms with Crippen LogP contribution in [0.2, 0.25) is 0 Å². The van der Waals surface area contributed by atoms with E-state index in [1.807, 2.05) is 0 Å². The first-order valence-electron chi connectivity index (χ1n) is 9.22. The van der Waals surface area contributed by atoms with Crippen LogP contribution in [0.15, 0.2) is 53.6 Å². The Balaban J connectivity index is 1.99. The Kier molecular flexibility index (Phi) is 6.47. The number of hydrogen-bond donors (Lipinski definition) is 2. The van der Waals surface area contributed by atoms with Gasteiger partial charge < -0.3 is 9.79 Å². The summed E-state index contributed by atoms with van der Waals surface area (Å²) in [6.07, 6.45) is 0.533. The van der Waals surface area contributed by atoms with Gasteiger partial charge in [-0.2, -0.15) is 5.10 Å². The minimum Gasteiger partial charge on any atom is -0.303 e. The fourth-order valence-electron chi connectivity index (χ4n) is 3.70. The van der Waals surface area contributed by atoms with Gasteiger partial charge in [-0.15, -0.1) is 0 Å². The second-order valence-electron chi connectivity index (χ2n) is 7.00. The number of hydrogen-bond acceptors (Lipinski definition) is 4. The number of phosphoric acid groups is 1. The Bertz CT molecular complexity index is 1010. The van der Waals surface area contributed by atoms with Gasteiger partial charge in [0.25, 0.3) is 0 Å². The van der Waals surface area contributed by atoms with E-state index < -0.39 is 30.9 Å². The lowest BCUT2D eigenvalue weighted by atomic mass is 9.80. The van der Waals surface area contributed by atoms with Crippen molar-refractivity contribution < 1.29 is 32.5 Å². The Labute approximate surface area is 172 Å². The molecule has 2 aromatic carbocycles. The SMILES string of the molecule is CC(=O)N1N=C(c2cc(F)ccc2F)C[C@]1(CCCOP(=O)(O)O)c1ccccc1. The zero-order valence-corrected chi connectivity index (χ0v) is 17.1. The van der Waals surface area contributed by atoms with Crippen molar-refractivity contribution in [1.29, 1.82) is 0 Å². The minimum absolute atomic E-state index is 0.0366. The summed E-state index contributed by atoms with van der Waals surface area (Å²) < 4.78 is 43.6. The number of nitrogens with zero attached hydrogens (tertiary/aromatic N) is 2. The summed E-state index contributed by atoms with van der Waals surface area (Å²) in [7, 11) is -4.63. The maximum Gasteiger partial charge on any atom is 0.469 e. The van der Waals surface area contributed by atoms with Crippen molar-refractivity contribution in [1.82, 2.24) is 5.01 Å². The topological polar surface area (TPSA) is 99.4 Å². The lowest BCUT2D eigenvalue weighted by Gasteiger charge is -2.36. The van der Waals surface area contributed by atoms with E-state index in [-0.39, 0.29) is 37.1 Å². The lowest BCUT2D eigenvalue weighted by molar-refractivity contribution is -0.135. The zero-order chi connectivity index (χ0) is 21.9. The normalized spacial score (nSPS) is 19.1.